The third kappa shape index (κ3) is 2.80. The van der Waals surface area contributed by atoms with Crippen LogP contribution in [0.1, 0.15) is 32.1 Å². The molecule has 2 aromatic heterocycles. The maximum absolute atomic E-state index is 12.4. The second-order valence-corrected chi connectivity index (χ2v) is 7.70. The van der Waals surface area contributed by atoms with Gasteiger partial charge in [0.15, 0.2) is 0 Å². The number of piperidine rings is 1. The van der Waals surface area contributed by atoms with Crippen LogP contribution in [0, 0.1) is 5.92 Å². The van der Waals surface area contributed by atoms with Crippen LogP contribution < -0.4 is 16.0 Å². The molecule has 1 atom stereocenters. The molecule has 24 heavy (non-hydrogen) atoms. The Kier molecular flexibility index (Phi) is 4.22. The Hall–Kier alpha value is -1.60. The van der Waals surface area contributed by atoms with Crippen molar-refractivity contribution in [1.29, 1.82) is 0 Å². The van der Waals surface area contributed by atoms with Crippen molar-refractivity contribution in [1.82, 2.24) is 9.97 Å². The van der Waals surface area contributed by atoms with Crippen LogP contribution in [0.25, 0.3) is 11.0 Å². The Labute approximate surface area is 149 Å². The lowest BCUT2D eigenvalue weighted by atomic mass is 9.85. The van der Waals surface area contributed by atoms with E-state index in [1.807, 2.05) is 12.4 Å². The van der Waals surface area contributed by atoms with E-state index in [2.05, 4.69) is 36.1 Å². The molecule has 4 rings (SSSR count). The molecule has 1 aliphatic carbocycles. The second-order valence-electron chi connectivity index (χ2n) is 6.85. The SMILES string of the molecule is N[C@@H]1CCCN(c2c(Br)cnc3[nH]cc(NC(=O)C4CCC4)c23)C1. The average Bonchev–Trinajstić information content (AvgIpc) is 2.88. The molecule has 7 heteroatoms. The molecular formula is C17H22BrN5O. The topological polar surface area (TPSA) is 87.0 Å². The number of carbonyl (C=O) groups is 1. The summed E-state index contributed by atoms with van der Waals surface area (Å²) < 4.78 is 0.933. The van der Waals surface area contributed by atoms with Crippen LogP contribution in [0.3, 0.4) is 0 Å². The number of rotatable bonds is 3. The Balaban J connectivity index is 1.72. The zero-order valence-electron chi connectivity index (χ0n) is 13.5. The molecule has 0 radical (unpaired) electrons. The number of anilines is 2. The summed E-state index contributed by atoms with van der Waals surface area (Å²) >= 11 is 3.64. The normalized spacial score (nSPS) is 21.8. The predicted molar refractivity (Wildman–Crippen MR) is 99.2 cm³/mol. The molecule has 2 fully saturated rings. The number of aromatic amines is 1. The van der Waals surface area contributed by atoms with Gasteiger partial charge >= 0.3 is 0 Å². The van der Waals surface area contributed by atoms with Crippen LogP contribution >= 0.6 is 15.9 Å². The molecule has 1 saturated carbocycles. The van der Waals surface area contributed by atoms with Gasteiger partial charge in [0.25, 0.3) is 0 Å². The fraction of sp³-hybridized carbons (Fsp3) is 0.529. The van der Waals surface area contributed by atoms with Crippen LogP contribution in [0.15, 0.2) is 16.9 Å². The zero-order chi connectivity index (χ0) is 16.7. The predicted octanol–water partition coefficient (Wildman–Crippen LogP) is 2.99. The summed E-state index contributed by atoms with van der Waals surface area (Å²) in [6, 6.07) is 0.181. The van der Waals surface area contributed by atoms with Crippen molar-refractivity contribution >= 4 is 44.2 Å². The van der Waals surface area contributed by atoms with E-state index < -0.39 is 0 Å². The summed E-state index contributed by atoms with van der Waals surface area (Å²) in [5.41, 5.74) is 8.83. The monoisotopic (exact) mass is 391 g/mol. The summed E-state index contributed by atoms with van der Waals surface area (Å²) in [7, 11) is 0. The first-order valence-corrected chi connectivity index (χ1v) is 9.39. The molecule has 128 valence electrons. The van der Waals surface area contributed by atoms with Crippen molar-refractivity contribution < 1.29 is 4.79 Å². The van der Waals surface area contributed by atoms with E-state index in [9.17, 15) is 4.79 Å². The molecule has 1 amide bonds. The maximum atomic E-state index is 12.4. The number of pyridine rings is 1. The lowest BCUT2D eigenvalue weighted by Crippen LogP contribution is -2.43. The highest BCUT2D eigenvalue weighted by Crippen LogP contribution is 2.39. The third-order valence-corrected chi connectivity index (χ3v) is 5.72. The quantitative estimate of drug-likeness (QED) is 0.750. The van der Waals surface area contributed by atoms with Gasteiger partial charge in [-0.1, -0.05) is 6.42 Å². The Morgan fingerprint density at radius 3 is 2.92 bits per heavy atom. The molecule has 0 unspecified atom stereocenters. The van der Waals surface area contributed by atoms with E-state index in [1.165, 1.54) is 0 Å². The van der Waals surface area contributed by atoms with Crippen LogP contribution in [0.5, 0.6) is 0 Å². The number of H-pyrrole nitrogens is 1. The van der Waals surface area contributed by atoms with E-state index in [1.54, 1.807) is 0 Å². The zero-order valence-corrected chi connectivity index (χ0v) is 15.1. The van der Waals surface area contributed by atoms with Crippen molar-refractivity contribution in [2.24, 2.45) is 11.7 Å². The molecule has 1 aliphatic heterocycles. The Morgan fingerprint density at radius 1 is 1.38 bits per heavy atom. The van der Waals surface area contributed by atoms with Gasteiger partial charge in [-0.05, 0) is 41.6 Å². The van der Waals surface area contributed by atoms with Gasteiger partial charge in [0, 0.05) is 37.4 Å². The van der Waals surface area contributed by atoms with Crippen LogP contribution in [0.2, 0.25) is 0 Å². The van der Waals surface area contributed by atoms with Gasteiger partial charge in [-0.25, -0.2) is 4.98 Å². The van der Waals surface area contributed by atoms with Crippen LogP contribution in [0.4, 0.5) is 11.4 Å². The first-order valence-electron chi connectivity index (χ1n) is 8.60. The summed E-state index contributed by atoms with van der Waals surface area (Å²) in [6.45, 7) is 1.78. The number of nitrogens with two attached hydrogens (primary N) is 1. The number of fused-ring (bicyclic) bond motifs is 1. The van der Waals surface area contributed by atoms with Gasteiger partial charge in [-0.3, -0.25) is 4.79 Å². The number of carbonyl (C=O) groups excluding carboxylic acids is 1. The largest absolute Gasteiger partial charge is 0.368 e. The fourth-order valence-corrected chi connectivity index (χ4v) is 4.13. The lowest BCUT2D eigenvalue weighted by molar-refractivity contribution is -0.122. The molecular weight excluding hydrogens is 370 g/mol. The van der Waals surface area contributed by atoms with Gasteiger partial charge in [0.2, 0.25) is 5.91 Å². The molecule has 0 spiro atoms. The minimum atomic E-state index is 0.114. The molecule has 0 aromatic carbocycles. The summed E-state index contributed by atoms with van der Waals surface area (Å²) in [6.07, 6.45) is 8.91. The van der Waals surface area contributed by atoms with Crippen molar-refractivity contribution in [3.63, 3.8) is 0 Å². The van der Waals surface area contributed by atoms with Crippen molar-refractivity contribution in [2.75, 3.05) is 23.3 Å². The van der Waals surface area contributed by atoms with E-state index >= 15 is 0 Å². The maximum Gasteiger partial charge on any atom is 0.227 e. The Morgan fingerprint density at radius 2 is 2.21 bits per heavy atom. The number of aromatic nitrogens is 2. The van der Waals surface area contributed by atoms with Gasteiger partial charge in [0.1, 0.15) is 5.65 Å². The molecule has 4 N–H and O–H groups in total. The average molecular weight is 392 g/mol. The highest BCUT2D eigenvalue weighted by Gasteiger charge is 2.27. The number of hydrogen-bond donors (Lipinski definition) is 3. The van der Waals surface area contributed by atoms with Crippen molar-refractivity contribution in [3.05, 3.63) is 16.9 Å². The first kappa shape index (κ1) is 15.9. The number of nitrogens with zero attached hydrogens (tertiary/aromatic N) is 2. The summed E-state index contributed by atoms with van der Waals surface area (Å²) in [4.78, 5) is 22.3. The van der Waals surface area contributed by atoms with E-state index in [0.29, 0.717) is 0 Å². The molecule has 6 nitrogen and oxygen atoms in total. The van der Waals surface area contributed by atoms with Crippen molar-refractivity contribution in [3.8, 4) is 0 Å². The molecule has 3 heterocycles. The first-order chi connectivity index (χ1) is 11.6. The lowest BCUT2D eigenvalue weighted by Gasteiger charge is -2.34. The molecule has 2 aromatic rings. The van der Waals surface area contributed by atoms with Crippen molar-refractivity contribution in [2.45, 2.75) is 38.1 Å². The highest BCUT2D eigenvalue weighted by atomic mass is 79.9. The molecule has 1 saturated heterocycles. The molecule has 2 aliphatic rings. The van der Waals surface area contributed by atoms with E-state index in [4.69, 9.17) is 5.73 Å². The smallest absolute Gasteiger partial charge is 0.227 e. The molecule has 0 bridgehead atoms. The number of amides is 1. The highest BCUT2D eigenvalue weighted by molar-refractivity contribution is 9.10. The van der Waals surface area contributed by atoms with Gasteiger partial charge in [-0.15, -0.1) is 0 Å². The number of hydrogen-bond acceptors (Lipinski definition) is 4. The number of halogens is 1. The summed E-state index contributed by atoms with van der Waals surface area (Å²) in [5.74, 6) is 0.269. The van der Waals surface area contributed by atoms with Gasteiger partial charge < -0.3 is 20.9 Å². The van der Waals surface area contributed by atoms with Crippen LogP contribution in [-0.4, -0.2) is 35.0 Å². The van der Waals surface area contributed by atoms with Crippen LogP contribution in [-0.2, 0) is 4.79 Å². The summed E-state index contributed by atoms with van der Waals surface area (Å²) in [5, 5.41) is 4.06. The minimum Gasteiger partial charge on any atom is -0.368 e. The van der Waals surface area contributed by atoms with Gasteiger partial charge in [0.05, 0.1) is 21.2 Å². The third-order valence-electron chi connectivity index (χ3n) is 5.14. The number of nitrogens with one attached hydrogen (secondary N) is 2. The minimum absolute atomic E-state index is 0.114. The fourth-order valence-electron chi connectivity index (χ4n) is 3.58. The van der Waals surface area contributed by atoms with E-state index in [0.717, 1.165) is 72.1 Å². The Bertz CT molecular complexity index is 770. The standard InChI is InChI=1S/C17H22BrN5O/c18-12-7-20-16-14(15(12)23-6-2-5-11(19)9-23)13(8-21-16)22-17(24)10-3-1-4-10/h7-8,10-11H,1-6,9,19H2,(H,20,21)(H,22,24)/t11-/m1/s1. The van der Waals surface area contributed by atoms with E-state index in [-0.39, 0.29) is 17.9 Å². The second kappa shape index (κ2) is 6.37. The van der Waals surface area contributed by atoms with Gasteiger partial charge in [-0.2, -0.15) is 0 Å².